The minimum absolute atomic E-state index is 0.199. The van der Waals surface area contributed by atoms with Gasteiger partial charge in [-0.2, -0.15) is 0 Å². The maximum atomic E-state index is 14.2. The molecule has 6 aromatic rings. The minimum atomic E-state index is -0.218. The Morgan fingerprint density at radius 1 is 0.194 bits per heavy atom. The van der Waals surface area contributed by atoms with E-state index in [1.165, 1.54) is 0 Å². The van der Waals surface area contributed by atoms with Gasteiger partial charge < -0.3 is 74.5 Å². The molecule has 4 aliphatic rings. The first kappa shape index (κ1) is 67.7. The number of nitrogens with one attached hydrogen (secondary N) is 6. The number of ketones is 6. The number of carbonyl (C=O) groups excluding carboxylic acids is 6. The normalized spacial score (nSPS) is 18.6. The van der Waals surface area contributed by atoms with Gasteiger partial charge in [-0.1, -0.05) is 72.8 Å². The topological polar surface area (TPSA) is 258 Å². The molecule has 21 nitrogen and oxygen atoms in total. The molecule has 21 heteroatoms. The van der Waals surface area contributed by atoms with Crippen molar-refractivity contribution >= 4 is 68.8 Å². The monoisotopic (exact) mass is 1270 g/mol. The Hall–Kier alpha value is -8.22. The van der Waals surface area contributed by atoms with E-state index in [0.717, 1.165) is 0 Å². The Balaban J connectivity index is 0.682. The summed E-state index contributed by atoms with van der Waals surface area (Å²) >= 11 is 0. The van der Waals surface area contributed by atoms with E-state index < -0.39 is 0 Å². The first-order valence-corrected chi connectivity index (χ1v) is 32.5. The van der Waals surface area contributed by atoms with Gasteiger partial charge in [-0.3, -0.25) is 28.8 Å². The van der Waals surface area contributed by atoms with Crippen molar-refractivity contribution in [2.24, 2.45) is 0 Å². The molecule has 0 radical (unpaired) electrons. The van der Waals surface area contributed by atoms with Crippen molar-refractivity contribution in [2.45, 2.75) is 38.5 Å². The Kier molecular flexibility index (Phi) is 26.0. The second-order valence-corrected chi connectivity index (χ2v) is 22.5. The number of hydrogen-bond donors (Lipinski definition) is 6. The van der Waals surface area contributed by atoms with Crippen molar-refractivity contribution in [3.05, 3.63) is 176 Å². The van der Waals surface area contributed by atoms with Crippen LogP contribution in [0.4, 0.5) is 34.1 Å². The summed E-state index contributed by atoms with van der Waals surface area (Å²) < 4.78 is 52.1. The molecule has 0 spiro atoms. The molecule has 6 bridgehead atoms. The van der Waals surface area contributed by atoms with E-state index >= 15 is 0 Å². The Bertz CT molecular complexity index is 2980. The molecule has 0 aromatic heterocycles. The van der Waals surface area contributed by atoms with Crippen molar-refractivity contribution in [1.82, 2.24) is 0 Å². The van der Waals surface area contributed by atoms with Crippen LogP contribution in [0.3, 0.4) is 0 Å². The number of rotatable bonds is 0. The fourth-order valence-electron chi connectivity index (χ4n) is 11.6. The van der Waals surface area contributed by atoms with Crippen LogP contribution in [-0.4, -0.2) is 193 Å². The van der Waals surface area contributed by atoms with Gasteiger partial charge >= 0.3 is 0 Å². The van der Waals surface area contributed by atoms with Gasteiger partial charge in [0, 0.05) is 146 Å². The standard InChI is InChI=1S/C72H84N6O15/c79-67-49-13-1-19-55-61(49)70(82)62-50(67)14-2-20-56(62)74-26-8-32-86-39-45-92-46-40-88-34-10-28-76-59-23-5-17-53-65(59)72(84)66-54(69(53)81)18-6-24-60(66)78-30-12-36-90-42-48-93-47-41-89-35-11-29-77-58-22-4-16-52-64(58)71(83)63-51(68(52)80)15-3-21-57(63)75-27-9-33-87-38-44-91-43-37-85-31-7-25-73-55/h1-6,13-24,73-78H,7-12,25-48H2. The van der Waals surface area contributed by atoms with E-state index in [1.807, 2.05) is 36.4 Å². The zero-order valence-corrected chi connectivity index (χ0v) is 52.7. The smallest absolute Gasteiger partial charge is 0.198 e. The minimum Gasteiger partial charge on any atom is -0.384 e. The molecule has 492 valence electrons. The lowest BCUT2D eigenvalue weighted by molar-refractivity contribution is 0.0145. The van der Waals surface area contributed by atoms with Gasteiger partial charge in [0.25, 0.3) is 0 Å². The van der Waals surface area contributed by atoms with Crippen LogP contribution in [0.25, 0.3) is 0 Å². The van der Waals surface area contributed by atoms with Crippen LogP contribution in [0.1, 0.15) is 134 Å². The third-order valence-corrected chi connectivity index (χ3v) is 16.1. The highest BCUT2D eigenvalue weighted by Gasteiger charge is 2.36. The van der Waals surface area contributed by atoms with Crippen LogP contribution >= 0.6 is 0 Å². The van der Waals surface area contributed by atoms with Crippen LogP contribution in [-0.2, 0) is 42.6 Å². The summed E-state index contributed by atoms with van der Waals surface area (Å²) in [6.07, 6.45) is 3.95. The fourth-order valence-corrected chi connectivity index (χ4v) is 11.6. The molecule has 1 aliphatic heterocycles. The second kappa shape index (κ2) is 35.7. The molecular weight excluding hydrogens is 1190 g/mol. The summed E-state index contributed by atoms with van der Waals surface area (Å²) in [7, 11) is 0. The van der Waals surface area contributed by atoms with Crippen LogP contribution in [0.5, 0.6) is 0 Å². The summed E-state index contributed by atoms with van der Waals surface area (Å²) in [6, 6.07) is 31.8. The molecule has 0 saturated heterocycles. The molecule has 1 heterocycles. The largest absolute Gasteiger partial charge is 0.384 e. The predicted molar refractivity (Wildman–Crippen MR) is 355 cm³/mol. The van der Waals surface area contributed by atoms with E-state index in [4.69, 9.17) is 42.6 Å². The molecule has 6 aromatic carbocycles. The van der Waals surface area contributed by atoms with Crippen LogP contribution in [0.2, 0.25) is 0 Å². The van der Waals surface area contributed by atoms with Gasteiger partial charge in [0.1, 0.15) is 0 Å². The summed E-state index contributed by atoms with van der Waals surface area (Å²) in [5.74, 6) is -1.25. The van der Waals surface area contributed by atoms with E-state index in [2.05, 4.69) is 31.9 Å². The molecule has 0 amide bonds. The average molecular weight is 1270 g/mol. The lowest BCUT2D eigenvalue weighted by atomic mass is 9.82. The fraction of sp³-hybridized carbons (Fsp3) is 0.417. The Labute approximate surface area is 542 Å². The van der Waals surface area contributed by atoms with Crippen molar-refractivity contribution in [1.29, 1.82) is 0 Å². The summed E-state index contributed by atoms with van der Waals surface area (Å²) in [5.41, 5.74) is 7.95. The second-order valence-electron chi connectivity index (χ2n) is 22.5. The molecule has 0 fully saturated rings. The van der Waals surface area contributed by atoms with Crippen LogP contribution < -0.4 is 31.9 Å². The molecule has 0 unspecified atom stereocenters. The lowest BCUT2D eigenvalue weighted by Gasteiger charge is -2.23. The van der Waals surface area contributed by atoms with Gasteiger partial charge in [-0.05, 0) is 74.9 Å². The number of ether oxygens (including phenoxy) is 9. The number of anilines is 6. The van der Waals surface area contributed by atoms with Crippen LogP contribution in [0, 0.1) is 0 Å². The first-order chi connectivity index (χ1) is 45.8. The van der Waals surface area contributed by atoms with Gasteiger partial charge in [-0.15, -0.1) is 0 Å². The number of benzene rings is 6. The van der Waals surface area contributed by atoms with Crippen molar-refractivity contribution in [3.63, 3.8) is 0 Å². The molecular formula is C72H84N6O15. The van der Waals surface area contributed by atoms with Gasteiger partial charge in [0.15, 0.2) is 34.7 Å². The first-order valence-electron chi connectivity index (χ1n) is 32.5. The van der Waals surface area contributed by atoms with Crippen molar-refractivity contribution in [3.8, 4) is 0 Å². The lowest BCUT2D eigenvalue weighted by Crippen LogP contribution is -2.24. The molecule has 0 saturated carbocycles. The zero-order chi connectivity index (χ0) is 64.4. The van der Waals surface area contributed by atoms with E-state index in [-0.39, 0.29) is 34.7 Å². The van der Waals surface area contributed by atoms with E-state index in [1.54, 1.807) is 72.8 Å². The molecule has 10 rings (SSSR count). The van der Waals surface area contributed by atoms with Gasteiger partial charge in [0.2, 0.25) is 0 Å². The van der Waals surface area contributed by atoms with Crippen molar-refractivity contribution in [2.75, 3.05) is 190 Å². The zero-order valence-electron chi connectivity index (χ0n) is 52.7. The third kappa shape index (κ3) is 17.7. The maximum Gasteiger partial charge on any atom is 0.198 e. The summed E-state index contributed by atoms with van der Waals surface area (Å²) in [5, 5.41) is 20.2. The molecule has 0 atom stereocenters. The maximum absolute atomic E-state index is 14.2. The van der Waals surface area contributed by atoms with E-state index in [9.17, 15) is 28.8 Å². The highest BCUT2D eigenvalue weighted by atomic mass is 16.6. The number of hydrogen-bond acceptors (Lipinski definition) is 21. The summed E-state index contributed by atoms with van der Waals surface area (Å²) in [6.45, 7) is 10.8. The quantitative estimate of drug-likeness (QED) is 0.0826. The highest BCUT2D eigenvalue weighted by Crippen LogP contribution is 2.39. The number of carbonyl (C=O) groups is 6. The Morgan fingerprint density at radius 2 is 0.344 bits per heavy atom. The molecule has 3 aliphatic carbocycles. The Morgan fingerprint density at radius 3 is 0.505 bits per heavy atom. The highest BCUT2D eigenvalue weighted by molar-refractivity contribution is 6.34. The summed E-state index contributed by atoms with van der Waals surface area (Å²) in [4.78, 5) is 84.0. The van der Waals surface area contributed by atoms with E-state index in [0.29, 0.717) is 298 Å². The van der Waals surface area contributed by atoms with Crippen LogP contribution in [0.15, 0.2) is 109 Å². The van der Waals surface area contributed by atoms with Crippen molar-refractivity contribution < 1.29 is 71.4 Å². The SMILES string of the molecule is O=C1c2cccc3c2C(=O)c2c(cccc21)NCCCOCCOCCOCCCNc1cccc2c1C(=O)c1c(cccc1C2=O)NCCCOCCOCCOCCCNc1cccc2c1C(=O)c1c(cccc1C2=O)NCCCOCCOCCOCCCN3. The molecule has 93 heavy (non-hydrogen) atoms. The molecule has 6 N–H and O–H groups in total. The average Bonchev–Trinajstić information content (AvgIpc) is 0.769. The third-order valence-electron chi connectivity index (χ3n) is 16.1. The predicted octanol–water partition coefficient (Wildman–Crippen LogP) is 9.39. The van der Waals surface area contributed by atoms with Gasteiger partial charge in [0.05, 0.1) is 113 Å². The van der Waals surface area contributed by atoms with Gasteiger partial charge in [-0.25, -0.2) is 0 Å².